The van der Waals surface area contributed by atoms with Crippen molar-refractivity contribution in [3.63, 3.8) is 0 Å². The highest BCUT2D eigenvalue weighted by molar-refractivity contribution is 6.29. The van der Waals surface area contributed by atoms with Crippen molar-refractivity contribution in [1.29, 1.82) is 0 Å². The topological polar surface area (TPSA) is 62.7 Å². The minimum Gasteiger partial charge on any atom is -0.372 e. The van der Waals surface area contributed by atoms with Gasteiger partial charge in [0.2, 0.25) is 5.95 Å². The van der Waals surface area contributed by atoms with Crippen LogP contribution in [-0.4, -0.2) is 28.5 Å². The van der Waals surface area contributed by atoms with E-state index in [9.17, 15) is 0 Å². The lowest BCUT2D eigenvalue weighted by molar-refractivity contribution is 0.984. The number of pyridine rings is 1. The van der Waals surface area contributed by atoms with Crippen molar-refractivity contribution in [2.24, 2.45) is 0 Å². The number of halogens is 1. The summed E-state index contributed by atoms with van der Waals surface area (Å²) in [5.41, 5.74) is 2.83. The molecule has 0 saturated carbocycles. The monoisotopic (exact) mass is 339 g/mol. The van der Waals surface area contributed by atoms with E-state index < -0.39 is 0 Å². The van der Waals surface area contributed by atoms with Gasteiger partial charge in [-0.3, -0.25) is 0 Å². The van der Waals surface area contributed by atoms with Crippen LogP contribution in [0.25, 0.3) is 11.3 Å². The minimum absolute atomic E-state index is 0.444. The Balaban J connectivity index is 1.72. The highest BCUT2D eigenvalue weighted by Crippen LogP contribution is 2.25. The Kier molecular flexibility index (Phi) is 5.23. The molecule has 5 nitrogen and oxygen atoms in total. The Morgan fingerprint density at radius 1 is 1.00 bits per heavy atom. The number of nitrogens with zero attached hydrogens (tertiary/aromatic N) is 3. The fraction of sp³-hybridized carbons (Fsp3) is 0.167. The Labute approximate surface area is 146 Å². The molecule has 0 aliphatic rings. The second kappa shape index (κ2) is 7.75. The third-order valence-corrected chi connectivity index (χ3v) is 3.77. The first-order chi connectivity index (χ1) is 11.8. The van der Waals surface area contributed by atoms with Crippen LogP contribution >= 0.6 is 11.6 Å². The molecule has 0 bridgehead atoms. The van der Waals surface area contributed by atoms with Gasteiger partial charge in [0.15, 0.2) is 0 Å². The lowest BCUT2D eigenvalue weighted by Crippen LogP contribution is -2.09. The zero-order chi connectivity index (χ0) is 16.8. The number of anilines is 2. The number of hydrogen-bond acceptors (Lipinski definition) is 5. The van der Waals surface area contributed by atoms with Crippen LogP contribution in [0.4, 0.5) is 11.8 Å². The summed E-state index contributed by atoms with van der Waals surface area (Å²) >= 11 is 5.96. The van der Waals surface area contributed by atoms with Crippen molar-refractivity contribution >= 4 is 23.4 Å². The van der Waals surface area contributed by atoms with Crippen LogP contribution in [0.15, 0.2) is 54.7 Å². The summed E-state index contributed by atoms with van der Waals surface area (Å²) in [5, 5.41) is 6.78. The van der Waals surface area contributed by atoms with Crippen LogP contribution in [0.5, 0.6) is 0 Å². The Morgan fingerprint density at radius 2 is 1.83 bits per heavy atom. The van der Waals surface area contributed by atoms with Crippen LogP contribution in [-0.2, 0) is 6.42 Å². The molecule has 3 rings (SSSR count). The lowest BCUT2D eigenvalue weighted by Gasteiger charge is -2.10. The molecule has 0 aliphatic carbocycles. The maximum Gasteiger partial charge on any atom is 0.224 e. The van der Waals surface area contributed by atoms with Gasteiger partial charge in [-0.25, -0.2) is 9.97 Å². The van der Waals surface area contributed by atoms with Gasteiger partial charge in [0.1, 0.15) is 11.0 Å². The predicted octanol–water partition coefficient (Wildman–Crippen LogP) is 3.89. The molecule has 0 fully saturated rings. The molecule has 0 unspecified atom stereocenters. The fourth-order valence-corrected chi connectivity index (χ4v) is 2.53. The van der Waals surface area contributed by atoms with Gasteiger partial charge >= 0.3 is 0 Å². The summed E-state index contributed by atoms with van der Waals surface area (Å²) in [6.45, 7) is 0.766. The van der Waals surface area contributed by atoms with Gasteiger partial charge in [0.05, 0.1) is 11.3 Å². The maximum absolute atomic E-state index is 5.96. The summed E-state index contributed by atoms with van der Waals surface area (Å²) < 4.78 is 0. The molecule has 0 spiro atoms. The number of hydrogen-bond donors (Lipinski definition) is 2. The largest absolute Gasteiger partial charge is 0.372 e. The average Bonchev–Trinajstić information content (AvgIpc) is 2.62. The minimum atomic E-state index is 0.444. The smallest absolute Gasteiger partial charge is 0.224 e. The van der Waals surface area contributed by atoms with Crippen LogP contribution in [0.3, 0.4) is 0 Å². The number of rotatable bonds is 6. The van der Waals surface area contributed by atoms with Crippen molar-refractivity contribution in [1.82, 2.24) is 15.0 Å². The summed E-state index contributed by atoms with van der Waals surface area (Å²) in [5.74, 6) is 1.29. The van der Waals surface area contributed by atoms with Gasteiger partial charge in [-0.1, -0.05) is 48.0 Å². The van der Waals surface area contributed by atoms with Gasteiger partial charge in [0, 0.05) is 19.8 Å². The van der Waals surface area contributed by atoms with E-state index >= 15 is 0 Å². The first-order valence-electron chi connectivity index (χ1n) is 7.72. The highest BCUT2D eigenvalue weighted by atomic mass is 35.5. The van der Waals surface area contributed by atoms with Crippen molar-refractivity contribution in [2.75, 3.05) is 24.2 Å². The van der Waals surface area contributed by atoms with Crippen LogP contribution in [0, 0.1) is 0 Å². The molecular formula is C18H18ClN5. The quantitative estimate of drug-likeness (QED) is 0.667. The number of aromatic nitrogens is 3. The Bertz CT molecular complexity index is 808. The lowest BCUT2D eigenvalue weighted by atomic mass is 10.1. The van der Waals surface area contributed by atoms with Gasteiger partial charge in [-0.2, -0.15) is 4.98 Å². The molecule has 0 amide bonds. The summed E-state index contributed by atoms with van der Waals surface area (Å²) in [4.78, 5) is 13.2. The van der Waals surface area contributed by atoms with Crippen LogP contribution in [0.1, 0.15) is 5.56 Å². The first kappa shape index (κ1) is 16.2. The van der Waals surface area contributed by atoms with Crippen molar-refractivity contribution in [3.8, 4) is 11.3 Å². The maximum atomic E-state index is 5.96. The average molecular weight is 340 g/mol. The van der Waals surface area contributed by atoms with Crippen molar-refractivity contribution in [2.45, 2.75) is 6.42 Å². The first-order valence-corrected chi connectivity index (χ1v) is 8.09. The van der Waals surface area contributed by atoms with Crippen LogP contribution < -0.4 is 10.6 Å². The van der Waals surface area contributed by atoms with Crippen molar-refractivity contribution < 1.29 is 0 Å². The van der Waals surface area contributed by atoms with Crippen molar-refractivity contribution in [3.05, 3.63) is 65.4 Å². The third kappa shape index (κ3) is 4.00. The molecule has 0 saturated heterocycles. The predicted molar refractivity (Wildman–Crippen MR) is 98.5 cm³/mol. The second-order valence-electron chi connectivity index (χ2n) is 5.21. The van der Waals surface area contributed by atoms with E-state index in [0.717, 1.165) is 24.2 Å². The van der Waals surface area contributed by atoms with Gasteiger partial charge < -0.3 is 10.6 Å². The molecule has 3 aromatic rings. The zero-order valence-corrected chi connectivity index (χ0v) is 14.1. The standard InChI is InChI=1S/C18H18ClN5/c1-20-17-14(15-8-5-9-16(19)23-15)12-22-18(24-17)21-11-10-13-6-3-2-4-7-13/h2-9,12H,10-11H2,1H3,(H2,20,21,22,24). The number of benzene rings is 1. The number of nitrogens with one attached hydrogen (secondary N) is 2. The van der Waals surface area contributed by atoms with Gasteiger partial charge in [-0.05, 0) is 24.1 Å². The second-order valence-corrected chi connectivity index (χ2v) is 5.60. The molecule has 0 aliphatic heterocycles. The summed E-state index contributed by atoms with van der Waals surface area (Å²) in [6, 6.07) is 15.8. The molecule has 0 radical (unpaired) electrons. The molecule has 2 aromatic heterocycles. The molecule has 24 heavy (non-hydrogen) atoms. The van der Waals surface area contributed by atoms with Crippen LogP contribution in [0.2, 0.25) is 5.15 Å². The molecule has 2 N–H and O–H groups in total. The van der Waals surface area contributed by atoms with E-state index in [1.165, 1.54) is 5.56 Å². The molecule has 0 atom stereocenters. The van der Waals surface area contributed by atoms with E-state index in [1.54, 1.807) is 12.3 Å². The van der Waals surface area contributed by atoms with E-state index in [2.05, 4.69) is 37.7 Å². The molecule has 122 valence electrons. The molecule has 6 heteroatoms. The fourth-order valence-electron chi connectivity index (χ4n) is 2.37. The Morgan fingerprint density at radius 3 is 2.58 bits per heavy atom. The van der Waals surface area contributed by atoms with E-state index in [4.69, 9.17) is 11.6 Å². The summed E-state index contributed by atoms with van der Waals surface area (Å²) in [6.07, 6.45) is 2.67. The molecule has 2 heterocycles. The third-order valence-electron chi connectivity index (χ3n) is 3.56. The Hall–Kier alpha value is -2.66. The normalized spacial score (nSPS) is 10.4. The van der Waals surface area contributed by atoms with E-state index in [-0.39, 0.29) is 0 Å². The van der Waals surface area contributed by atoms with E-state index in [1.807, 2.05) is 37.4 Å². The van der Waals surface area contributed by atoms with Gasteiger partial charge in [-0.15, -0.1) is 0 Å². The van der Waals surface area contributed by atoms with Gasteiger partial charge in [0.25, 0.3) is 0 Å². The molecular weight excluding hydrogens is 322 g/mol. The highest BCUT2D eigenvalue weighted by Gasteiger charge is 2.10. The van der Waals surface area contributed by atoms with E-state index in [0.29, 0.717) is 16.9 Å². The zero-order valence-electron chi connectivity index (χ0n) is 13.3. The molecule has 1 aromatic carbocycles. The summed E-state index contributed by atoms with van der Waals surface area (Å²) in [7, 11) is 1.82. The SMILES string of the molecule is CNc1nc(NCCc2ccccc2)ncc1-c1cccc(Cl)n1.